The Hall–Kier alpha value is -3.14. The van der Waals surface area contributed by atoms with Gasteiger partial charge in [0.1, 0.15) is 6.04 Å². The number of carbonyl (C=O) groups excluding carboxylic acids is 2. The van der Waals surface area contributed by atoms with Crippen LogP contribution in [0.2, 0.25) is 0 Å². The van der Waals surface area contributed by atoms with Crippen molar-refractivity contribution in [1.29, 1.82) is 0 Å². The molecular weight excluding hydrogens is 480 g/mol. The first-order chi connectivity index (χ1) is 17.4. The van der Waals surface area contributed by atoms with E-state index >= 15 is 0 Å². The van der Waals surface area contributed by atoms with Gasteiger partial charge >= 0.3 is 6.03 Å². The standard InChI is InChI=1S/C26H34N4O5S/c1-34-22-8-7-17(12-23(22)35-2)13-27-25(32)20(9-10-36-3)28-26(33)29-14-18-11-19(16-29)21-5-4-6-24(31)30(21)15-18/h4-8,12,18-20H,9-11,13-16H2,1-3H3,(H,27,32)(H,28,33)/t18-,19+,20-/m0/s1. The Bertz CT molecular complexity index is 1150. The number of urea groups is 1. The molecule has 1 aromatic carbocycles. The Kier molecular flexibility index (Phi) is 8.45. The summed E-state index contributed by atoms with van der Waals surface area (Å²) in [5, 5.41) is 5.92. The quantitative estimate of drug-likeness (QED) is 0.533. The van der Waals surface area contributed by atoms with Crippen LogP contribution in [0.4, 0.5) is 4.79 Å². The molecule has 194 valence electrons. The molecule has 2 bridgehead atoms. The number of amides is 3. The van der Waals surface area contributed by atoms with E-state index < -0.39 is 6.04 Å². The number of hydrogen-bond acceptors (Lipinski definition) is 6. The number of benzene rings is 1. The Morgan fingerprint density at radius 2 is 1.92 bits per heavy atom. The van der Waals surface area contributed by atoms with E-state index in [1.54, 1.807) is 49.1 Å². The number of hydrogen-bond donors (Lipinski definition) is 2. The first-order valence-corrected chi connectivity index (χ1v) is 13.6. The van der Waals surface area contributed by atoms with Crippen molar-refractivity contribution >= 4 is 23.7 Å². The minimum absolute atomic E-state index is 0.0170. The fourth-order valence-corrected chi connectivity index (χ4v) is 5.58. The molecular formula is C26H34N4O5S. The van der Waals surface area contributed by atoms with Gasteiger partial charge in [0.15, 0.2) is 11.5 Å². The number of rotatable bonds is 9. The van der Waals surface area contributed by atoms with Gasteiger partial charge in [-0.05, 0) is 54.5 Å². The van der Waals surface area contributed by atoms with Gasteiger partial charge in [-0.3, -0.25) is 9.59 Å². The van der Waals surface area contributed by atoms with Crippen LogP contribution in [0.3, 0.4) is 0 Å². The molecule has 0 saturated carbocycles. The molecule has 0 unspecified atom stereocenters. The molecule has 3 amide bonds. The Balaban J connectivity index is 1.39. The Labute approximate surface area is 215 Å². The molecule has 1 saturated heterocycles. The predicted molar refractivity (Wildman–Crippen MR) is 140 cm³/mol. The number of nitrogens with one attached hydrogen (secondary N) is 2. The van der Waals surface area contributed by atoms with Crippen molar-refractivity contribution in [3.05, 3.63) is 58.0 Å². The van der Waals surface area contributed by atoms with E-state index in [9.17, 15) is 14.4 Å². The second-order valence-electron chi connectivity index (χ2n) is 9.29. The van der Waals surface area contributed by atoms with Gasteiger partial charge in [0, 0.05) is 43.9 Å². The second kappa shape index (κ2) is 11.7. The predicted octanol–water partition coefficient (Wildman–Crippen LogP) is 2.43. The molecule has 2 aliphatic heterocycles. The van der Waals surface area contributed by atoms with Gasteiger partial charge in [0.25, 0.3) is 5.56 Å². The molecule has 9 nitrogen and oxygen atoms in total. The zero-order valence-electron chi connectivity index (χ0n) is 21.0. The van der Waals surface area contributed by atoms with E-state index in [4.69, 9.17) is 9.47 Å². The molecule has 2 aliphatic rings. The Morgan fingerprint density at radius 1 is 1.11 bits per heavy atom. The number of carbonyl (C=O) groups is 2. The van der Waals surface area contributed by atoms with Crippen LogP contribution in [-0.4, -0.2) is 66.8 Å². The molecule has 0 aliphatic carbocycles. The average Bonchev–Trinajstić information content (AvgIpc) is 2.89. The number of fused-ring (bicyclic) bond motifs is 4. The lowest BCUT2D eigenvalue weighted by Gasteiger charge is -2.43. The van der Waals surface area contributed by atoms with Crippen LogP contribution in [0.1, 0.15) is 30.0 Å². The molecule has 0 radical (unpaired) electrons. The lowest BCUT2D eigenvalue weighted by Crippen LogP contribution is -2.56. The summed E-state index contributed by atoms with van der Waals surface area (Å²) in [6.45, 7) is 2.04. The SMILES string of the molecule is COc1ccc(CNC(=O)[C@H](CCSC)NC(=O)N2C[C@@H]3C[C@H](C2)c2cccc(=O)n2C3)cc1OC. The Morgan fingerprint density at radius 3 is 2.67 bits per heavy atom. The van der Waals surface area contributed by atoms with Crippen LogP contribution in [0.15, 0.2) is 41.2 Å². The number of thioether (sulfide) groups is 1. The van der Waals surface area contributed by atoms with E-state index in [1.165, 1.54) is 0 Å². The van der Waals surface area contributed by atoms with Gasteiger partial charge in [-0.15, -0.1) is 0 Å². The van der Waals surface area contributed by atoms with Crippen LogP contribution in [-0.2, 0) is 17.9 Å². The molecule has 0 spiro atoms. The molecule has 1 aromatic heterocycles. The van der Waals surface area contributed by atoms with Gasteiger partial charge in [0.2, 0.25) is 5.91 Å². The molecule has 1 fully saturated rings. The highest BCUT2D eigenvalue weighted by Gasteiger charge is 2.37. The number of piperidine rings is 1. The first-order valence-electron chi connectivity index (χ1n) is 12.2. The minimum Gasteiger partial charge on any atom is -0.493 e. The van der Waals surface area contributed by atoms with Crippen molar-refractivity contribution in [2.45, 2.75) is 37.9 Å². The largest absolute Gasteiger partial charge is 0.493 e. The smallest absolute Gasteiger partial charge is 0.318 e. The third-order valence-corrected chi connectivity index (χ3v) is 7.55. The maximum atomic E-state index is 13.2. The molecule has 2 aromatic rings. The van der Waals surface area contributed by atoms with Crippen LogP contribution in [0.25, 0.3) is 0 Å². The molecule has 3 heterocycles. The molecule has 3 atom stereocenters. The van der Waals surface area contributed by atoms with Crippen molar-refractivity contribution in [2.24, 2.45) is 5.92 Å². The third kappa shape index (κ3) is 5.80. The highest BCUT2D eigenvalue weighted by Crippen LogP contribution is 2.35. The number of aromatic nitrogens is 1. The number of likely N-dealkylation sites (tertiary alicyclic amines) is 1. The number of ether oxygens (including phenoxy) is 2. The fourth-order valence-electron chi connectivity index (χ4n) is 5.11. The van der Waals surface area contributed by atoms with Gasteiger partial charge < -0.3 is 29.6 Å². The molecule has 36 heavy (non-hydrogen) atoms. The topological polar surface area (TPSA) is 102 Å². The molecule has 2 N–H and O–H groups in total. The van der Waals surface area contributed by atoms with Crippen LogP contribution in [0.5, 0.6) is 11.5 Å². The number of nitrogens with zero attached hydrogens (tertiary/aromatic N) is 2. The molecule has 4 rings (SSSR count). The summed E-state index contributed by atoms with van der Waals surface area (Å²) in [7, 11) is 3.15. The maximum Gasteiger partial charge on any atom is 0.318 e. The second-order valence-corrected chi connectivity index (χ2v) is 10.3. The lowest BCUT2D eigenvalue weighted by molar-refractivity contribution is -0.123. The van der Waals surface area contributed by atoms with Crippen LogP contribution < -0.4 is 25.7 Å². The van der Waals surface area contributed by atoms with Gasteiger partial charge in [-0.2, -0.15) is 11.8 Å². The fraction of sp³-hybridized carbons (Fsp3) is 0.500. The average molecular weight is 515 g/mol. The van der Waals surface area contributed by atoms with Crippen molar-refractivity contribution in [2.75, 3.05) is 39.3 Å². The van der Waals surface area contributed by atoms with E-state index in [0.717, 1.165) is 23.4 Å². The summed E-state index contributed by atoms with van der Waals surface area (Å²) >= 11 is 1.63. The van der Waals surface area contributed by atoms with Crippen molar-refractivity contribution in [3.8, 4) is 11.5 Å². The van der Waals surface area contributed by atoms with Crippen molar-refractivity contribution < 1.29 is 19.1 Å². The zero-order chi connectivity index (χ0) is 25.7. The van der Waals surface area contributed by atoms with Gasteiger partial charge in [-0.1, -0.05) is 12.1 Å². The maximum absolute atomic E-state index is 13.2. The summed E-state index contributed by atoms with van der Waals surface area (Å²) in [5.41, 5.74) is 1.87. The minimum atomic E-state index is -0.637. The summed E-state index contributed by atoms with van der Waals surface area (Å²) < 4.78 is 12.5. The number of pyridine rings is 1. The lowest BCUT2D eigenvalue weighted by atomic mass is 9.83. The number of methoxy groups -OCH3 is 2. The summed E-state index contributed by atoms with van der Waals surface area (Å²) in [6.07, 6.45) is 3.48. The highest BCUT2D eigenvalue weighted by molar-refractivity contribution is 7.98. The highest BCUT2D eigenvalue weighted by atomic mass is 32.2. The van der Waals surface area contributed by atoms with Gasteiger partial charge in [-0.25, -0.2) is 4.79 Å². The summed E-state index contributed by atoms with van der Waals surface area (Å²) in [5.74, 6) is 2.09. The third-order valence-electron chi connectivity index (χ3n) is 6.91. The summed E-state index contributed by atoms with van der Waals surface area (Å²) in [4.78, 5) is 40.4. The first kappa shape index (κ1) is 25.9. The van der Waals surface area contributed by atoms with Crippen molar-refractivity contribution in [1.82, 2.24) is 20.1 Å². The van der Waals surface area contributed by atoms with E-state index in [1.807, 2.05) is 29.0 Å². The van der Waals surface area contributed by atoms with Crippen LogP contribution in [0, 0.1) is 5.92 Å². The monoisotopic (exact) mass is 514 g/mol. The van der Waals surface area contributed by atoms with Crippen LogP contribution >= 0.6 is 11.8 Å². The van der Waals surface area contributed by atoms with E-state index in [-0.39, 0.29) is 29.3 Å². The van der Waals surface area contributed by atoms with Crippen molar-refractivity contribution in [3.63, 3.8) is 0 Å². The summed E-state index contributed by atoms with van der Waals surface area (Å²) in [6, 6.07) is 9.97. The van der Waals surface area contributed by atoms with E-state index in [2.05, 4.69) is 10.6 Å². The van der Waals surface area contributed by atoms with E-state index in [0.29, 0.717) is 44.1 Å². The van der Waals surface area contributed by atoms with Gasteiger partial charge in [0.05, 0.1) is 14.2 Å². The normalized spacial score (nSPS) is 19.1. The zero-order valence-corrected chi connectivity index (χ0v) is 21.8. The molecule has 10 heteroatoms.